The lowest BCUT2D eigenvalue weighted by Crippen LogP contribution is -2.56. The molecule has 4 amide bonds. The quantitative estimate of drug-likeness (QED) is 0.196. The SMILES string of the molecule is CCC(C)CN(NC(=O)C[C@@H](O)CCC(C)C)C(=O)[C@H](CC1=CN(C(=O)[C@H](C)N)CN1c1cccnc1)NC(=O)OCc1ccccc1. The van der Waals surface area contributed by atoms with Crippen LogP contribution in [0.15, 0.2) is 66.8 Å². The average Bonchev–Trinajstić information content (AvgIpc) is 3.49. The molecule has 5 N–H and O–H groups in total. The van der Waals surface area contributed by atoms with E-state index in [1.807, 2.05) is 69.0 Å². The van der Waals surface area contributed by atoms with E-state index in [2.05, 4.69) is 15.7 Å². The zero-order chi connectivity index (χ0) is 35.2. The van der Waals surface area contributed by atoms with E-state index in [0.717, 1.165) is 18.4 Å². The van der Waals surface area contributed by atoms with E-state index < -0.39 is 36.1 Å². The Morgan fingerprint density at radius 1 is 1.06 bits per heavy atom. The van der Waals surface area contributed by atoms with Crippen LogP contribution in [-0.2, 0) is 25.7 Å². The van der Waals surface area contributed by atoms with E-state index in [0.29, 0.717) is 23.7 Å². The summed E-state index contributed by atoms with van der Waals surface area (Å²) < 4.78 is 5.47. The van der Waals surface area contributed by atoms with Gasteiger partial charge < -0.3 is 25.8 Å². The summed E-state index contributed by atoms with van der Waals surface area (Å²) in [7, 11) is 0. The second-order valence-electron chi connectivity index (χ2n) is 12.8. The Morgan fingerprint density at radius 2 is 1.79 bits per heavy atom. The maximum absolute atomic E-state index is 14.3. The predicted octanol–water partition coefficient (Wildman–Crippen LogP) is 3.65. The molecule has 0 radical (unpaired) electrons. The minimum atomic E-state index is -1.21. The van der Waals surface area contributed by atoms with E-state index >= 15 is 0 Å². The number of ether oxygens (including phenoxy) is 1. The number of hydrogen-bond acceptors (Lipinski definition) is 9. The number of anilines is 1. The van der Waals surface area contributed by atoms with Gasteiger partial charge in [0, 0.05) is 31.1 Å². The Labute approximate surface area is 283 Å². The van der Waals surface area contributed by atoms with Gasteiger partial charge in [0.05, 0.1) is 30.5 Å². The number of alkyl carbamates (subject to hydrolysis) is 1. The molecule has 1 aromatic heterocycles. The predicted molar refractivity (Wildman–Crippen MR) is 182 cm³/mol. The van der Waals surface area contributed by atoms with Crippen molar-refractivity contribution in [1.29, 1.82) is 0 Å². The van der Waals surface area contributed by atoms with Crippen molar-refractivity contribution in [3.8, 4) is 0 Å². The fraction of sp³-hybridized carbons (Fsp3) is 0.514. The van der Waals surface area contributed by atoms with E-state index in [-0.39, 0.29) is 44.5 Å². The number of rotatable bonds is 16. The van der Waals surface area contributed by atoms with Crippen LogP contribution in [0.5, 0.6) is 0 Å². The fourth-order valence-electron chi connectivity index (χ4n) is 5.03. The van der Waals surface area contributed by atoms with Gasteiger partial charge in [0.15, 0.2) is 0 Å². The number of nitrogens with one attached hydrogen (secondary N) is 2. The van der Waals surface area contributed by atoms with Gasteiger partial charge in [-0.05, 0) is 49.3 Å². The number of aliphatic hydroxyl groups excluding tert-OH is 1. The third-order valence-electron chi connectivity index (χ3n) is 8.01. The standard InChI is InChI=1S/C35H51N7O6/c1-6-25(4)20-42(39-32(44)18-30(43)15-14-24(2)3)34(46)31(38-35(47)48-22-27-11-8-7-9-12-27)17-29-21-40(33(45)26(5)36)23-41(29)28-13-10-16-37-19-28/h7-13,16,19,21,24-26,30-31,43H,6,14-15,17-18,20,22-23,36H2,1-5H3,(H,38,47)(H,39,44)/t25?,26-,30-,31-/m0/s1. The van der Waals surface area contributed by atoms with Crippen molar-refractivity contribution < 1.29 is 29.0 Å². The first-order valence-electron chi connectivity index (χ1n) is 16.6. The molecule has 2 aromatic rings. The van der Waals surface area contributed by atoms with Crippen LogP contribution in [0.4, 0.5) is 10.5 Å². The number of benzene rings is 1. The lowest BCUT2D eigenvalue weighted by Gasteiger charge is -2.31. The Kier molecular flexibility index (Phi) is 14.8. The minimum absolute atomic E-state index is 0.00235. The van der Waals surface area contributed by atoms with Crippen molar-refractivity contribution >= 4 is 29.5 Å². The van der Waals surface area contributed by atoms with Crippen molar-refractivity contribution in [3.63, 3.8) is 0 Å². The maximum Gasteiger partial charge on any atom is 0.408 e. The second-order valence-corrected chi connectivity index (χ2v) is 12.8. The van der Waals surface area contributed by atoms with Crippen molar-refractivity contribution in [2.45, 2.75) is 91.5 Å². The van der Waals surface area contributed by atoms with Gasteiger partial charge in [-0.1, -0.05) is 64.4 Å². The van der Waals surface area contributed by atoms with Crippen LogP contribution in [0.2, 0.25) is 0 Å². The summed E-state index contributed by atoms with van der Waals surface area (Å²) in [4.78, 5) is 61.0. The van der Waals surface area contributed by atoms with Crippen molar-refractivity contribution in [3.05, 3.63) is 72.3 Å². The van der Waals surface area contributed by atoms with Gasteiger partial charge in [0.1, 0.15) is 19.3 Å². The molecule has 1 aliphatic rings. The molecule has 0 saturated carbocycles. The molecule has 48 heavy (non-hydrogen) atoms. The van der Waals surface area contributed by atoms with Gasteiger partial charge in [0.25, 0.3) is 5.91 Å². The maximum atomic E-state index is 14.3. The molecule has 0 aliphatic carbocycles. The number of nitrogens with two attached hydrogens (primary N) is 1. The third-order valence-corrected chi connectivity index (χ3v) is 8.01. The van der Waals surface area contributed by atoms with Crippen LogP contribution in [0.25, 0.3) is 0 Å². The van der Waals surface area contributed by atoms with Gasteiger partial charge in [-0.25, -0.2) is 4.79 Å². The molecule has 0 saturated heterocycles. The molecular weight excluding hydrogens is 614 g/mol. The summed E-state index contributed by atoms with van der Waals surface area (Å²) >= 11 is 0. The molecular formula is C35H51N7O6. The van der Waals surface area contributed by atoms with Crippen LogP contribution in [-0.4, -0.2) is 75.2 Å². The highest BCUT2D eigenvalue weighted by molar-refractivity contribution is 5.89. The zero-order valence-electron chi connectivity index (χ0n) is 28.7. The van der Waals surface area contributed by atoms with Crippen LogP contribution in [0, 0.1) is 11.8 Å². The number of nitrogens with zero attached hydrogens (tertiary/aromatic N) is 4. The monoisotopic (exact) mass is 665 g/mol. The molecule has 13 heteroatoms. The Hall–Kier alpha value is -4.49. The highest BCUT2D eigenvalue weighted by atomic mass is 16.5. The number of carbonyl (C=O) groups is 4. The highest BCUT2D eigenvalue weighted by Gasteiger charge is 2.35. The summed E-state index contributed by atoms with van der Waals surface area (Å²) in [5.41, 5.74) is 10.6. The van der Waals surface area contributed by atoms with Crippen LogP contribution < -0.4 is 21.4 Å². The normalized spacial score (nSPS) is 15.3. The van der Waals surface area contributed by atoms with Gasteiger partial charge >= 0.3 is 6.09 Å². The Bertz CT molecular complexity index is 1370. The molecule has 0 fully saturated rings. The molecule has 1 aliphatic heterocycles. The number of hydrogen-bond donors (Lipinski definition) is 4. The minimum Gasteiger partial charge on any atom is -0.445 e. The largest absolute Gasteiger partial charge is 0.445 e. The molecule has 262 valence electrons. The van der Waals surface area contributed by atoms with E-state index in [4.69, 9.17) is 10.5 Å². The third kappa shape index (κ3) is 11.9. The second kappa shape index (κ2) is 18.7. The lowest BCUT2D eigenvalue weighted by molar-refractivity contribution is -0.144. The summed E-state index contributed by atoms with van der Waals surface area (Å²) in [6.07, 6.45) is 4.88. The molecule has 3 rings (SSSR count). The number of aromatic nitrogens is 1. The number of hydrazine groups is 1. The Balaban J connectivity index is 1.91. The fourth-order valence-corrected chi connectivity index (χ4v) is 5.03. The zero-order valence-corrected chi connectivity index (χ0v) is 28.7. The molecule has 2 heterocycles. The van der Waals surface area contributed by atoms with Gasteiger partial charge in [-0.15, -0.1) is 0 Å². The molecule has 13 nitrogen and oxygen atoms in total. The Morgan fingerprint density at radius 3 is 2.42 bits per heavy atom. The number of amides is 4. The number of aliphatic hydroxyl groups is 1. The van der Waals surface area contributed by atoms with Gasteiger partial charge in [0.2, 0.25) is 11.8 Å². The topological polar surface area (TPSA) is 170 Å². The van der Waals surface area contributed by atoms with Gasteiger partial charge in [-0.3, -0.25) is 34.7 Å². The first-order valence-corrected chi connectivity index (χ1v) is 16.6. The lowest BCUT2D eigenvalue weighted by atomic mass is 10.0. The van der Waals surface area contributed by atoms with Crippen LogP contribution >= 0.6 is 0 Å². The molecule has 0 spiro atoms. The number of carbonyl (C=O) groups excluding carboxylic acids is 4. The summed E-state index contributed by atoms with van der Waals surface area (Å²) in [6.45, 7) is 9.87. The van der Waals surface area contributed by atoms with Crippen LogP contribution in [0.1, 0.15) is 72.3 Å². The van der Waals surface area contributed by atoms with Crippen molar-refractivity contribution in [2.24, 2.45) is 17.6 Å². The molecule has 0 bridgehead atoms. The van der Waals surface area contributed by atoms with Crippen molar-refractivity contribution in [1.82, 2.24) is 25.6 Å². The van der Waals surface area contributed by atoms with Gasteiger partial charge in [-0.2, -0.15) is 0 Å². The van der Waals surface area contributed by atoms with Crippen molar-refractivity contribution in [2.75, 3.05) is 18.1 Å². The average molecular weight is 666 g/mol. The van der Waals surface area contributed by atoms with E-state index in [1.165, 1.54) is 9.91 Å². The first kappa shape index (κ1) is 38.0. The smallest absolute Gasteiger partial charge is 0.408 e. The molecule has 1 aromatic carbocycles. The van der Waals surface area contributed by atoms with E-state index in [1.54, 1.807) is 31.6 Å². The summed E-state index contributed by atoms with van der Waals surface area (Å²) in [5, 5.41) is 14.4. The number of pyridine rings is 1. The summed E-state index contributed by atoms with van der Waals surface area (Å²) in [6, 6.07) is 10.7. The van der Waals surface area contributed by atoms with Crippen LogP contribution in [0.3, 0.4) is 0 Å². The first-order chi connectivity index (χ1) is 22.9. The molecule has 4 atom stereocenters. The highest BCUT2D eigenvalue weighted by Crippen LogP contribution is 2.28. The summed E-state index contributed by atoms with van der Waals surface area (Å²) in [5.74, 6) is -1.05. The molecule has 1 unspecified atom stereocenters. The van der Waals surface area contributed by atoms with E-state index in [9.17, 15) is 24.3 Å².